The summed E-state index contributed by atoms with van der Waals surface area (Å²) >= 11 is 6.27. The summed E-state index contributed by atoms with van der Waals surface area (Å²) in [6.07, 6.45) is 4.69. The summed E-state index contributed by atoms with van der Waals surface area (Å²) in [6.45, 7) is 0. The van der Waals surface area contributed by atoms with E-state index in [1.54, 1.807) is 18.3 Å². The van der Waals surface area contributed by atoms with Crippen molar-refractivity contribution in [1.82, 2.24) is 24.5 Å². The molecule has 170 valence electrons. The number of nitrogens with two attached hydrogens (primary N) is 2. The molecule has 5 N–H and O–H groups in total. The van der Waals surface area contributed by atoms with Crippen LogP contribution >= 0.6 is 11.6 Å². The summed E-state index contributed by atoms with van der Waals surface area (Å²) in [7, 11) is 0. The predicted molar refractivity (Wildman–Crippen MR) is 125 cm³/mol. The Labute approximate surface area is 197 Å². The second-order valence-corrected chi connectivity index (χ2v) is 8.24. The van der Waals surface area contributed by atoms with Crippen LogP contribution in [0, 0.1) is 23.1 Å². The van der Waals surface area contributed by atoms with Crippen LogP contribution in [0.4, 0.5) is 22.0 Å². The Hall–Kier alpha value is -4.30. The van der Waals surface area contributed by atoms with E-state index in [1.807, 2.05) is 6.07 Å². The molecule has 3 heterocycles. The predicted octanol–water partition coefficient (Wildman–Crippen LogP) is 2.96. The normalized spacial score (nSPS) is 14.0. The smallest absolute Gasteiger partial charge is 0.267 e. The van der Waals surface area contributed by atoms with Gasteiger partial charge in [-0.1, -0.05) is 11.6 Å². The number of halogens is 2. The summed E-state index contributed by atoms with van der Waals surface area (Å²) in [5, 5.41) is 12.8. The lowest BCUT2D eigenvalue weighted by molar-refractivity contribution is 0.600. The zero-order chi connectivity index (χ0) is 24.0. The zero-order valence-corrected chi connectivity index (χ0v) is 18.3. The molecule has 0 saturated heterocycles. The molecule has 0 radical (unpaired) electrons. The number of fused-ring (bicyclic) bond motifs is 1. The van der Waals surface area contributed by atoms with Gasteiger partial charge in [0.1, 0.15) is 34.6 Å². The lowest BCUT2D eigenvalue weighted by Crippen LogP contribution is -2.30. The van der Waals surface area contributed by atoms with E-state index in [2.05, 4.69) is 25.3 Å². The maximum Gasteiger partial charge on any atom is 0.267 e. The number of pyridine rings is 1. The first-order valence-electron chi connectivity index (χ1n) is 10.3. The molecular weight excluding hydrogens is 461 g/mol. The number of anilines is 3. The number of hydrogen-bond donors (Lipinski definition) is 3. The van der Waals surface area contributed by atoms with Crippen LogP contribution in [0.3, 0.4) is 0 Å². The highest BCUT2D eigenvalue weighted by atomic mass is 35.5. The van der Waals surface area contributed by atoms with E-state index in [4.69, 9.17) is 23.1 Å². The lowest BCUT2D eigenvalue weighted by Gasteiger charge is -2.23. The molecule has 34 heavy (non-hydrogen) atoms. The minimum atomic E-state index is -0.682. The van der Waals surface area contributed by atoms with Crippen LogP contribution in [0.25, 0.3) is 16.6 Å². The number of hydrogen-bond acceptors (Lipinski definition) is 9. The quantitative estimate of drug-likeness (QED) is 0.392. The Morgan fingerprint density at radius 2 is 2.03 bits per heavy atom. The highest BCUT2D eigenvalue weighted by molar-refractivity contribution is 6.35. The highest BCUT2D eigenvalue weighted by Crippen LogP contribution is 2.43. The van der Waals surface area contributed by atoms with Gasteiger partial charge in [0, 0.05) is 6.20 Å². The minimum Gasteiger partial charge on any atom is -0.382 e. The first-order valence-corrected chi connectivity index (χ1v) is 10.7. The van der Waals surface area contributed by atoms with Crippen molar-refractivity contribution >= 4 is 40.1 Å². The fraction of sp³-hybridized carbons (Fsp3) is 0.182. The first kappa shape index (κ1) is 21.5. The molecule has 1 aromatic carbocycles. The van der Waals surface area contributed by atoms with Crippen LogP contribution < -0.4 is 22.3 Å². The monoisotopic (exact) mass is 477 g/mol. The highest BCUT2D eigenvalue weighted by Gasteiger charge is 2.37. The van der Waals surface area contributed by atoms with Crippen LogP contribution in [0.2, 0.25) is 5.02 Å². The zero-order valence-electron chi connectivity index (χ0n) is 17.5. The fourth-order valence-electron chi connectivity index (χ4n) is 3.86. The van der Waals surface area contributed by atoms with Gasteiger partial charge >= 0.3 is 0 Å². The number of nitrogens with zero attached hydrogens (tertiary/aromatic N) is 6. The Balaban J connectivity index is 1.79. The number of rotatable bonds is 5. The van der Waals surface area contributed by atoms with Gasteiger partial charge in [0.25, 0.3) is 5.56 Å². The third-order valence-corrected chi connectivity index (χ3v) is 5.90. The van der Waals surface area contributed by atoms with E-state index in [1.165, 1.54) is 16.8 Å². The van der Waals surface area contributed by atoms with Gasteiger partial charge in [-0.05, 0) is 43.0 Å². The van der Waals surface area contributed by atoms with Crippen molar-refractivity contribution in [2.75, 3.05) is 16.8 Å². The second kappa shape index (κ2) is 8.24. The van der Waals surface area contributed by atoms with Crippen molar-refractivity contribution in [3.8, 4) is 11.8 Å². The van der Waals surface area contributed by atoms with Crippen molar-refractivity contribution in [3.63, 3.8) is 0 Å². The third-order valence-electron chi connectivity index (χ3n) is 5.58. The SMILES string of the molecule is N#Cc1c(N)nc(N)nc1NC(c1nc2c(F)ccc(Cl)c2c(=O)n1-c1cccnc1)C1CC1. The summed E-state index contributed by atoms with van der Waals surface area (Å²) in [5.74, 6) is -0.544. The van der Waals surface area contributed by atoms with Crippen LogP contribution in [-0.4, -0.2) is 24.5 Å². The van der Waals surface area contributed by atoms with Crippen molar-refractivity contribution in [3.05, 3.63) is 69.2 Å². The van der Waals surface area contributed by atoms with Gasteiger partial charge in [0.15, 0.2) is 5.82 Å². The topological polar surface area (TPSA) is 161 Å². The summed E-state index contributed by atoms with van der Waals surface area (Å²) in [4.78, 5) is 30.3. The average Bonchev–Trinajstić information content (AvgIpc) is 3.65. The van der Waals surface area contributed by atoms with Gasteiger partial charge < -0.3 is 16.8 Å². The van der Waals surface area contributed by atoms with Crippen LogP contribution in [-0.2, 0) is 0 Å². The average molecular weight is 478 g/mol. The molecule has 1 unspecified atom stereocenters. The van der Waals surface area contributed by atoms with Crippen molar-refractivity contribution in [2.45, 2.75) is 18.9 Å². The standard InChI is InChI=1S/C22H17ClFN9O/c23-13-5-6-14(24)17-15(13)21(34)33(11-2-1-7-28-9-11)20(30-17)16(10-3-4-10)29-19-12(8-25)18(26)31-22(27)32-19/h1-2,5-7,9-10,16H,3-4H2,(H5,26,27,29,31,32). The van der Waals surface area contributed by atoms with Gasteiger partial charge in [-0.2, -0.15) is 15.2 Å². The van der Waals surface area contributed by atoms with Crippen LogP contribution in [0.15, 0.2) is 41.5 Å². The molecule has 5 rings (SSSR count). The third kappa shape index (κ3) is 3.64. The van der Waals surface area contributed by atoms with Crippen molar-refractivity contribution in [2.24, 2.45) is 5.92 Å². The van der Waals surface area contributed by atoms with Crippen molar-refractivity contribution in [1.29, 1.82) is 5.26 Å². The van der Waals surface area contributed by atoms with E-state index >= 15 is 0 Å². The van der Waals surface area contributed by atoms with Crippen molar-refractivity contribution < 1.29 is 4.39 Å². The number of benzene rings is 1. The molecule has 0 aliphatic heterocycles. The Bertz CT molecular complexity index is 1530. The molecule has 0 spiro atoms. The Kier molecular flexibility index (Phi) is 5.22. The fourth-order valence-corrected chi connectivity index (χ4v) is 4.09. The number of aromatic nitrogens is 5. The van der Waals surface area contributed by atoms with Crippen LogP contribution in [0.5, 0.6) is 0 Å². The van der Waals surface area contributed by atoms with Gasteiger partial charge in [-0.3, -0.25) is 14.3 Å². The molecule has 1 atom stereocenters. The molecule has 0 bridgehead atoms. The molecule has 3 aromatic heterocycles. The van der Waals surface area contributed by atoms with E-state index in [0.717, 1.165) is 18.9 Å². The van der Waals surface area contributed by atoms with E-state index in [0.29, 0.717) is 5.69 Å². The summed E-state index contributed by atoms with van der Waals surface area (Å²) in [6, 6.07) is 7.17. The molecular formula is C22H17ClFN9O. The molecule has 1 fully saturated rings. The maximum absolute atomic E-state index is 14.8. The number of nitrogens with one attached hydrogen (secondary N) is 1. The van der Waals surface area contributed by atoms with E-state index < -0.39 is 17.4 Å². The minimum absolute atomic E-state index is 0.00476. The Morgan fingerprint density at radius 3 is 2.71 bits per heavy atom. The maximum atomic E-state index is 14.8. The molecule has 4 aromatic rings. The van der Waals surface area contributed by atoms with Crippen LogP contribution in [0.1, 0.15) is 30.3 Å². The largest absolute Gasteiger partial charge is 0.382 e. The Morgan fingerprint density at radius 1 is 1.24 bits per heavy atom. The first-order chi connectivity index (χ1) is 16.4. The molecule has 1 aliphatic carbocycles. The number of nitriles is 1. The van der Waals surface area contributed by atoms with E-state index in [9.17, 15) is 14.4 Å². The van der Waals surface area contributed by atoms with Gasteiger partial charge in [0.2, 0.25) is 5.95 Å². The lowest BCUT2D eigenvalue weighted by atomic mass is 10.1. The molecule has 1 aliphatic rings. The second-order valence-electron chi connectivity index (χ2n) is 7.84. The van der Waals surface area contributed by atoms with Gasteiger partial charge in [-0.15, -0.1) is 0 Å². The van der Waals surface area contributed by atoms with E-state index in [-0.39, 0.29) is 50.8 Å². The molecule has 10 nitrogen and oxygen atoms in total. The number of nitrogen functional groups attached to an aromatic ring is 2. The van der Waals surface area contributed by atoms with Gasteiger partial charge in [0.05, 0.1) is 28.3 Å². The van der Waals surface area contributed by atoms with Gasteiger partial charge in [-0.25, -0.2) is 9.37 Å². The summed E-state index contributed by atoms with van der Waals surface area (Å²) in [5.41, 5.74) is 11.3. The molecule has 0 amide bonds. The molecule has 12 heteroatoms. The summed E-state index contributed by atoms with van der Waals surface area (Å²) < 4.78 is 16.1. The molecule has 1 saturated carbocycles.